The van der Waals surface area contributed by atoms with E-state index in [1.807, 2.05) is 0 Å². The van der Waals surface area contributed by atoms with Crippen LogP contribution in [-0.2, 0) is 25.5 Å². The molecule has 0 atom stereocenters. The molecule has 9 heteroatoms. The average Bonchev–Trinajstić information content (AvgIpc) is 3.17. The van der Waals surface area contributed by atoms with Gasteiger partial charge in [0.1, 0.15) is 6.54 Å². The number of carbonyl (C=O) groups is 3. The van der Waals surface area contributed by atoms with Crippen molar-refractivity contribution in [3.05, 3.63) is 11.1 Å². The van der Waals surface area contributed by atoms with Crippen molar-refractivity contribution in [3.63, 3.8) is 0 Å². The molecule has 0 aliphatic heterocycles. The number of nitrogens with zero attached hydrogens (tertiary/aromatic N) is 2. The Bertz CT molecular complexity index is 716. The maximum Gasteiger partial charge on any atom is 0.245 e. The van der Waals surface area contributed by atoms with Gasteiger partial charge in [-0.1, -0.05) is 33.1 Å². The highest BCUT2D eigenvalue weighted by atomic mass is 32.1. The number of aromatic nitrogens is 1. The van der Waals surface area contributed by atoms with Crippen LogP contribution in [0.5, 0.6) is 0 Å². The molecule has 1 saturated carbocycles. The topological polar surface area (TPSA) is 101 Å². The van der Waals surface area contributed by atoms with E-state index in [9.17, 15) is 14.4 Å². The van der Waals surface area contributed by atoms with Gasteiger partial charge in [-0.05, 0) is 25.2 Å². The molecule has 1 aliphatic carbocycles. The van der Waals surface area contributed by atoms with Crippen LogP contribution in [0.25, 0.3) is 0 Å². The van der Waals surface area contributed by atoms with Gasteiger partial charge in [0, 0.05) is 31.5 Å². The molecule has 1 heterocycles. The number of nitrogens with one attached hydrogen (secondary N) is 2. The second-order valence-corrected chi connectivity index (χ2v) is 9.35. The molecule has 1 fully saturated rings. The Morgan fingerprint density at radius 2 is 1.97 bits per heavy atom. The highest BCUT2D eigenvalue weighted by Gasteiger charge is 2.27. The van der Waals surface area contributed by atoms with Crippen LogP contribution in [0.3, 0.4) is 0 Å². The first-order valence-electron chi connectivity index (χ1n) is 11.2. The van der Waals surface area contributed by atoms with E-state index in [2.05, 4.69) is 29.5 Å². The van der Waals surface area contributed by atoms with E-state index >= 15 is 0 Å². The Kier molecular flexibility index (Phi) is 10.9. The maximum absolute atomic E-state index is 12.9. The predicted molar refractivity (Wildman–Crippen MR) is 122 cm³/mol. The van der Waals surface area contributed by atoms with Gasteiger partial charge in [-0.15, -0.1) is 11.3 Å². The van der Waals surface area contributed by atoms with Gasteiger partial charge < -0.3 is 20.3 Å². The second-order valence-electron chi connectivity index (χ2n) is 8.49. The van der Waals surface area contributed by atoms with Crippen LogP contribution >= 0.6 is 11.3 Å². The summed E-state index contributed by atoms with van der Waals surface area (Å²) in [5.41, 5.74) is 0.622. The van der Waals surface area contributed by atoms with Crippen molar-refractivity contribution >= 4 is 34.2 Å². The van der Waals surface area contributed by atoms with Gasteiger partial charge in [-0.2, -0.15) is 0 Å². The minimum absolute atomic E-state index is 0.000852. The zero-order chi connectivity index (χ0) is 22.6. The number of anilines is 1. The van der Waals surface area contributed by atoms with Crippen LogP contribution in [0.4, 0.5) is 5.13 Å². The smallest absolute Gasteiger partial charge is 0.245 e. The fraction of sp³-hybridized carbons (Fsp3) is 0.727. The van der Waals surface area contributed by atoms with Crippen molar-refractivity contribution in [2.75, 3.05) is 38.7 Å². The van der Waals surface area contributed by atoms with Crippen LogP contribution in [0.2, 0.25) is 0 Å². The second kappa shape index (κ2) is 13.4. The van der Waals surface area contributed by atoms with Crippen molar-refractivity contribution in [2.45, 2.75) is 58.8 Å². The molecule has 8 nitrogen and oxygen atoms in total. The first-order valence-corrected chi connectivity index (χ1v) is 12.1. The largest absolute Gasteiger partial charge is 0.383 e. The van der Waals surface area contributed by atoms with Crippen LogP contribution in [0.15, 0.2) is 5.38 Å². The Labute approximate surface area is 189 Å². The molecular formula is C22H36N4O4S. The third-order valence-corrected chi connectivity index (χ3v) is 6.16. The number of ether oxygens (including phenoxy) is 1. The Morgan fingerprint density at radius 3 is 2.65 bits per heavy atom. The molecule has 1 aromatic heterocycles. The maximum atomic E-state index is 12.9. The highest BCUT2D eigenvalue weighted by molar-refractivity contribution is 7.13. The summed E-state index contributed by atoms with van der Waals surface area (Å²) in [6, 6.07) is 0. The molecule has 2 rings (SSSR count). The molecule has 0 saturated heterocycles. The number of methoxy groups -OCH3 is 1. The van der Waals surface area contributed by atoms with Crippen molar-refractivity contribution < 1.29 is 19.1 Å². The lowest BCUT2D eigenvalue weighted by molar-refractivity contribution is -0.139. The summed E-state index contributed by atoms with van der Waals surface area (Å²) in [6.07, 6.45) is 6.19. The van der Waals surface area contributed by atoms with Crippen molar-refractivity contribution in [2.24, 2.45) is 11.8 Å². The molecule has 1 aliphatic rings. The van der Waals surface area contributed by atoms with Crippen molar-refractivity contribution in [3.8, 4) is 0 Å². The van der Waals surface area contributed by atoms with Gasteiger partial charge in [0.2, 0.25) is 17.7 Å². The van der Waals surface area contributed by atoms with Gasteiger partial charge in [-0.3, -0.25) is 14.4 Å². The van der Waals surface area contributed by atoms with Crippen molar-refractivity contribution in [1.82, 2.24) is 15.2 Å². The molecule has 0 radical (unpaired) electrons. The monoisotopic (exact) mass is 452 g/mol. The summed E-state index contributed by atoms with van der Waals surface area (Å²) in [4.78, 5) is 43.4. The van der Waals surface area contributed by atoms with E-state index in [1.54, 1.807) is 17.4 Å². The Balaban J connectivity index is 1.84. The van der Waals surface area contributed by atoms with Crippen LogP contribution in [0, 0.1) is 11.8 Å². The normalized spacial score (nSPS) is 14.5. The summed E-state index contributed by atoms with van der Waals surface area (Å²) >= 11 is 1.28. The molecule has 0 bridgehead atoms. The molecule has 31 heavy (non-hydrogen) atoms. The van der Waals surface area contributed by atoms with Crippen LogP contribution in [-0.4, -0.2) is 61.0 Å². The summed E-state index contributed by atoms with van der Waals surface area (Å²) < 4.78 is 5.12. The first kappa shape index (κ1) is 25.3. The number of carbonyl (C=O) groups excluding carboxylic acids is 3. The number of hydrogen-bond acceptors (Lipinski definition) is 6. The molecule has 2 N–H and O–H groups in total. The number of rotatable bonds is 12. The highest BCUT2D eigenvalue weighted by Crippen LogP contribution is 2.25. The standard InChI is InChI=1S/C22H36N4O4S/c1-16(2)9-10-23-19(27)13-18-15-31-22(24-18)25-20(28)14-26(11-12-30-3)21(29)17-7-5-4-6-8-17/h15-17H,4-14H2,1-3H3,(H,23,27)(H,24,25,28). The van der Waals surface area contributed by atoms with Gasteiger partial charge in [0.15, 0.2) is 5.13 Å². The zero-order valence-electron chi connectivity index (χ0n) is 18.9. The van der Waals surface area contributed by atoms with E-state index in [0.717, 1.165) is 32.1 Å². The van der Waals surface area contributed by atoms with Crippen LogP contribution in [0.1, 0.15) is 58.1 Å². The lowest BCUT2D eigenvalue weighted by atomic mass is 9.88. The minimum Gasteiger partial charge on any atom is -0.383 e. The average molecular weight is 453 g/mol. The van der Waals surface area contributed by atoms with E-state index < -0.39 is 0 Å². The Morgan fingerprint density at radius 1 is 1.23 bits per heavy atom. The summed E-state index contributed by atoms with van der Waals surface area (Å²) in [5, 5.41) is 7.85. The number of hydrogen-bond donors (Lipinski definition) is 2. The van der Waals surface area contributed by atoms with E-state index in [-0.39, 0.29) is 36.6 Å². The van der Waals surface area contributed by atoms with E-state index in [1.165, 1.54) is 17.8 Å². The molecule has 0 spiro atoms. The lowest BCUT2D eigenvalue weighted by Gasteiger charge is -2.28. The molecule has 0 aromatic carbocycles. The summed E-state index contributed by atoms with van der Waals surface area (Å²) in [5.74, 6) is 0.203. The zero-order valence-corrected chi connectivity index (χ0v) is 19.8. The Hall–Kier alpha value is -2.00. The summed E-state index contributed by atoms with van der Waals surface area (Å²) in [7, 11) is 1.58. The third-order valence-electron chi connectivity index (χ3n) is 5.35. The molecular weight excluding hydrogens is 416 g/mol. The lowest BCUT2D eigenvalue weighted by Crippen LogP contribution is -2.43. The third kappa shape index (κ3) is 9.35. The molecule has 3 amide bonds. The summed E-state index contributed by atoms with van der Waals surface area (Å²) in [6.45, 7) is 5.62. The van der Waals surface area contributed by atoms with Gasteiger partial charge in [0.05, 0.1) is 18.7 Å². The molecule has 174 valence electrons. The number of thiazole rings is 1. The van der Waals surface area contributed by atoms with Crippen molar-refractivity contribution in [1.29, 1.82) is 0 Å². The minimum atomic E-state index is -0.289. The quantitative estimate of drug-likeness (QED) is 0.508. The van der Waals surface area contributed by atoms with E-state index in [4.69, 9.17) is 4.74 Å². The predicted octanol–water partition coefficient (Wildman–Crippen LogP) is 2.84. The number of amides is 3. The SMILES string of the molecule is COCCN(CC(=O)Nc1nc(CC(=O)NCCC(C)C)cs1)C(=O)C1CCCCC1. The van der Waals surface area contributed by atoms with Gasteiger partial charge in [0.25, 0.3) is 0 Å². The fourth-order valence-electron chi connectivity index (χ4n) is 3.58. The van der Waals surface area contributed by atoms with E-state index in [0.29, 0.717) is 36.4 Å². The van der Waals surface area contributed by atoms with Gasteiger partial charge in [-0.25, -0.2) is 4.98 Å². The van der Waals surface area contributed by atoms with Gasteiger partial charge >= 0.3 is 0 Å². The van der Waals surface area contributed by atoms with Crippen LogP contribution < -0.4 is 10.6 Å². The molecule has 0 unspecified atom stereocenters. The first-order chi connectivity index (χ1) is 14.9. The molecule has 1 aromatic rings. The fourth-order valence-corrected chi connectivity index (χ4v) is 4.31.